The number of carboxylic acid groups (broad SMARTS) is 1. The smallest absolute Gasteiger partial charge is 0.324 e. The Morgan fingerprint density at radius 1 is 1.18 bits per heavy atom. The lowest BCUT2D eigenvalue weighted by Gasteiger charge is -2.38. The summed E-state index contributed by atoms with van der Waals surface area (Å²) in [6, 6.07) is 0. The number of hydrogen-bond acceptors (Lipinski definition) is 3. The third-order valence-electron chi connectivity index (χ3n) is 3.74. The van der Waals surface area contributed by atoms with Crippen molar-refractivity contribution in [3.8, 4) is 0 Å². The summed E-state index contributed by atoms with van der Waals surface area (Å²) in [6.45, 7) is 4.79. The van der Waals surface area contributed by atoms with E-state index in [0.717, 1.165) is 51.7 Å². The van der Waals surface area contributed by atoms with Gasteiger partial charge in [-0.15, -0.1) is 0 Å². The van der Waals surface area contributed by atoms with Gasteiger partial charge in [0.05, 0.1) is 0 Å². The van der Waals surface area contributed by atoms with Gasteiger partial charge in [0.25, 0.3) is 0 Å². The van der Waals surface area contributed by atoms with Gasteiger partial charge < -0.3 is 10.0 Å². The molecular weight excluding hydrogens is 216 g/mol. The minimum atomic E-state index is -0.623. The molecule has 1 rings (SSSR count). The maximum Gasteiger partial charge on any atom is 0.324 e. The molecule has 0 aromatic carbocycles. The van der Waals surface area contributed by atoms with Crippen LogP contribution in [-0.4, -0.2) is 60.1 Å². The Kier molecular flexibility index (Phi) is 5.40. The van der Waals surface area contributed by atoms with Crippen LogP contribution >= 0.6 is 0 Å². The zero-order valence-corrected chi connectivity index (χ0v) is 11.4. The van der Waals surface area contributed by atoms with E-state index in [1.54, 1.807) is 0 Å². The molecule has 0 atom stereocenters. The van der Waals surface area contributed by atoms with Gasteiger partial charge in [-0.2, -0.15) is 0 Å². The molecule has 100 valence electrons. The average Bonchev–Trinajstić information content (AvgIpc) is 2.74. The first-order valence-corrected chi connectivity index (χ1v) is 6.66. The number of nitrogens with zero attached hydrogens (tertiary/aromatic N) is 2. The van der Waals surface area contributed by atoms with E-state index in [9.17, 15) is 9.90 Å². The second-order valence-electron chi connectivity index (χ2n) is 5.33. The molecule has 4 heteroatoms. The summed E-state index contributed by atoms with van der Waals surface area (Å²) in [7, 11) is 4.07. The Labute approximate surface area is 105 Å². The molecule has 0 amide bonds. The molecule has 1 aliphatic carbocycles. The molecule has 17 heavy (non-hydrogen) atoms. The van der Waals surface area contributed by atoms with Gasteiger partial charge in [0.1, 0.15) is 5.54 Å². The molecule has 0 saturated heterocycles. The largest absolute Gasteiger partial charge is 0.480 e. The Bertz CT molecular complexity index is 248. The zero-order valence-electron chi connectivity index (χ0n) is 11.4. The van der Waals surface area contributed by atoms with Gasteiger partial charge in [-0.05, 0) is 39.9 Å². The first-order valence-electron chi connectivity index (χ1n) is 6.66. The van der Waals surface area contributed by atoms with E-state index >= 15 is 0 Å². The van der Waals surface area contributed by atoms with E-state index in [-0.39, 0.29) is 0 Å². The first-order chi connectivity index (χ1) is 8.03. The molecule has 1 aliphatic rings. The lowest BCUT2D eigenvalue weighted by atomic mass is 9.94. The highest BCUT2D eigenvalue weighted by molar-refractivity contribution is 5.79. The van der Waals surface area contributed by atoms with Crippen LogP contribution in [0.1, 0.15) is 39.0 Å². The molecule has 0 heterocycles. The fourth-order valence-corrected chi connectivity index (χ4v) is 2.76. The van der Waals surface area contributed by atoms with Crippen molar-refractivity contribution in [1.82, 2.24) is 9.80 Å². The molecule has 4 nitrogen and oxygen atoms in total. The second-order valence-corrected chi connectivity index (χ2v) is 5.33. The van der Waals surface area contributed by atoms with Crippen LogP contribution in [0, 0.1) is 0 Å². The highest BCUT2D eigenvalue weighted by Crippen LogP contribution is 2.35. The molecule has 0 spiro atoms. The van der Waals surface area contributed by atoms with Crippen LogP contribution in [0.25, 0.3) is 0 Å². The average molecular weight is 242 g/mol. The number of likely N-dealkylation sites (N-methyl/N-ethyl adjacent to an activating group) is 1. The van der Waals surface area contributed by atoms with Gasteiger partial charge in [-0.3, -0.25) is 9.69 Å². The van der Waals surface area contributed by atoms with Crippen LogP contribution in [0.15, 0.2) is 0 Å². The molecule has 0 aromatic rings. The van der Waals surface area contributed by atoms with E-state index < -0.39 is 11.5 Å². The monoisotopic (exact) mass is 242 g/mol. The highest BCUT2D eigenvalue weighted by atomic mass is 16.4. The molecule has 1 N–H and O–H groups in total. The van der Waals surface area contributed by atoms with E-state index in [1.807, 2.05) is 14.1 Å². The van der Waals surface area contributed by atoms with E-state index in [0.29, 0.717) is 0 Å². The van der Waals surface area contributed by atoms with Gasteiger partial charge in [-0.25, -0.2) is 0 Å². The summed E-state index contributed by atoms with van der Waals surface area (Å²) in [5.41, 5.74) is -0.577. The first kappa shape index (κ1) is 14.5. The molecule has 0 aliphatic heterocycles. The van der Waals surface area contributed by atoms with Crippen LogP contribution in [0.3, 0.4) is 0 Å². The fraction of sp³-hybridized carbons (Fsp3) is 0.923. The van der Waals surface area contributed by atoms with Crippen molar-refractivity contribution in [3.63, 3.8) is 0 Å². The van der Waals surface area contributed by atoms with Crippen molar-refractivity contribution < 1.29 is 9.90 Å². The van der Waals surface area contributed by atoms with E-state index in [4.69, 9.17) is 0 Å². The molecule has 0 radical (unpaired) electrons. The normalized spacial score (nSPS) is 19.1. The predicted octanol–water partition coefficient (Wildman–Crippen LogP) is 1.66. The number of rotatable bonds is 7. The van der Waals surface area contributed by atoms with Crippen molar-refractivity contribution >= 4 is 5.97 Å². The molecule has 1 fully saturated rings. The minimum absolute atomic E-state index is 0.577. The van der Waals surface area contributed by atoms with E-state index in [1.165, 1.54) is 0 Å². The summed E-state index contributed by atoms with van der Waals surface area (Å²) in [4.78, 5) is 15.9. The number of carbonyl (C=O) groups is 1. The zero-order chi connectivity index (χ0) is 12.9. The van der Waals surface area contributed by atoms with Gasteiger partial charge in [-0.1, -0.05) is 19.8 Å². The lowest BCUT2D eigenvalue weighted by molar-refractivity contribution is -0.151. The van der Waals surface area contributed by atoms with Crippen molar-refractivity contribution in [2.75, 3.05) is 33.7 Å². The van der Waals surface area contributed by atoms with E-state index in [2.05, 4.69) is 16.7 Å². The topological polar surface area (TPSA) is 43.8 Å². The van der Waals surface area contributed by atoms with Crippen LogP contribution in [-0.2, 0) is 4.79 Å². The molecule has 0 aromatic heterocycles. The van der Waals surface area contributed by atoms with Crippen molar-refractivity contribution in [2.45, 2.75) is 44.6 Å². The summed E-state index contributed by atoms with van der Waals surface area (Å²) in [5, 5.41) is 9.57. The Balaban J connectivity index is 2.74. The number of carboxylic acids is 1. The standard InChI is InChI=1S/C13H26N2O2/c1-4-9-15(11-10-14(2)3)13(12(16)17)7-5-6-8-13/h4-11H2,1-3H3,(H,16,17). The predicted molar refractivity (Wildman–Crippen MR) is 69.3 cm³/mol. The summed E-state index contributed by atoms with van der Waals surface area (Å²) >= 11 is 0. The molecular formula is C13H26N2O2. The van der Waals surface area contributed by atoms with Crippen molar-refractivity contribution in [1.29, 1.82) is 0 Å². The van der Waals surface area contributed by atoms with Crippen LogP contribution in [0.5, 0.6) is 0 Å². The minimum Gasteiger partial charge on any atom is -0.480 e. The second kappa shape index (κ2) is 6.36. The van der Waals surface area contributed by atoms with Gasteiger partial charge >= 0.3 is 5.97 Å². The Morgan fingerprint density at radius 3 is 2.18 bits per heavy atom. The van der Waals surface area contributed by atoms with Crippen molar-refractivity contribution in [3.05, 3.63) is 0 Å². The van der Waals surface area contributed by atoms with Crippen LogP contribution < -0.4 is 0 Å². The van der Waals surface area contributed by atoms with Gasteiger partial charge in [0.15, 0.2) is 0 Å². The van der Waals surface area contributed by atoms with Gasteiger partial charge in [0.2, 0.25) is 0 Å². The Hall–Kier alpha value is -0.610. The highest BCUT2D eigenvalue weighted by Gasteiger charge is 2.45. The lowest BCUT2D eigenvalue weighted by Crippen LogP contribution is -2.54. The van der Waals surface area contributed by atoms with Crippen LogP contribution in [0.4, 0.5) is 0 Å². The van der Waals surface area contributed by atoms with Crippen molar-refractivity contribution in [2.24, 2.45) is 0 Å². The Morgan fingerprint density at radius 2 is 1.76 bits per heavy atom. The van der Waals surface area contributed by atoms with Crippen LogP contribution in [0.2, 0.25) is 0 Å². The summed E-state index contributed by atoms with van der Waals surface area (Å²) < 4.78 is 0. The quantitative estimate of drug-likeness (QED) is 0.737. The maximum atomic E-state index is 11.6. The summed E-state index contributed by atoms with van der Waals surface area (Å²) in [5.74, 6) is -0.623. The molecule has 0 bridgehead atoms. The number of hydrogen-bond donors (Lipinski definition) is 1. The molecule has 1 saturated carbocycles. The maximum absolute atomic E-state index is 11.6. The number of aliphatic carboxylic acids is 1. The van der Waals surface area contributed by atoms with Gasteiger partial charge in [0, 0.05) is 13.1 Å². The third-order valence-corrected chi connectivity index (χ3v) is 3.74. The SMILES string of the molecule is CCCN(CCN(C)C)C1(C(=O)O)CCCC1. The summed E-state index contributed by atoms with van der Waals surface area (Å²) in [6.07, 6.45) is 4.75. The third kappa shape index (κ3) is 3.42. The fourth-order valence-electron chi connectivity index (χ4n) is 2.76. The molecule has 0 unspecified atom stereocenters.